The van der Waals surface area contributed by atoms with E-state index in [9.17, 15) is 9.90 Å². The molecule has 1 atom stereocenters. The molecule has 0 heterocycles. The van der Waals surface area contributed by atoms with Crippen LogP contribution >= 0.6 is 0 Å². The van der Waals surface area contributed by atoms with Crippen LogP contribution < -0.4 is 5.32 Å². The average Bonchev–Trinajstić information content (AvgIpc) is 2.65. The maximum Gasteiger partial charge on any atom is 0.253 e. The van der Waals surface area contributed by atoms with Gasteiger partial charge in [0.1, 0.15) is 0 Å². The molecule has 2 aromatic rings. The highest BCUT2D eigenvalue weighted by Crippen LogP contribution is 2.17. The molecule has 2 aromatic carbocycles. The Hall–Kier alpha value is -2.17. The van der Waals surface area contributed by atoms with Crippen LogP contribution in [-0.4, -0.2) is 42.1 Å². The van der Waals surface area contributed by atoms with Crippen molar-refractivity contribution in [3.05, 3.63) is 71.3 Å². The second-order valence-electron chi connectivity index (χ2n) is 7.59. The number of rotatable bonds is 8. The van der Waals surface area contributed by atoms with Crippen molar-refractivity contribution in [2.45, 2.75) is 38.3 Å². The Labute approximate surface area is 156 Å². The van der Waals surface area contributed by atoms with E-state index in [0.717, 1.165) is 18.4 Å². The quantitative estimate of drug-likeness (QED) is 0.764. The van der Waals surface area contributed by atoms with Crippen LogP contribution in [0.4, 0.5) is 0 Å². The third-order valence-corrected chi connectivity index (χ3v) is 4.60. The van der Waals surface area contributed by atoms with Crippen molar-refractivity contribution in [2.75, 3.05) is 20.6 Å². The lowest BCUT2D eigenvalue weighted by atomic mass is 9.94. The number of aliphatic hydroxyl groups excluding tert-OH is 1. The van der Waals surface area contributed by atoms with Gasteiger partial charge in [0.2, 0.25) is 0 Å². The zero-order valence-corrected chi connectivity index (χ0v) is 16.2. The molecule has 4 heteroatoms. The molecule has 0 fully saturated rings. The fourth-order valence-corrected chi connectivity index (χ4v) is 2.78. The monoisotopic (exact) mass is 354 g/mol. The van der Waals surface area contributed by atoms with Crippen LogP contribution in [0.25, 0.3) is 0 Å². The van der Waals surface area contributed by atoms with E-state index in [-0.39, 0.29) is 11.4 Å². The Kier molecular flexibility index (Phi) is 6.95. The van der Waals surface area contributed by atoms with Gasteiger partial charge in [-0.3, -0.25) is 4.79 Å². The molecule has 0 saturated heterocycles. The number of nitrogens with zero attached hydrogens (tertiary/aromatic N) is 1. The zero-order valence-electron chi connectivity index (χ0n) is 16.2. The van der Waals surface area contributed by atoms with Gasteiger partial charge in [-0.1, -0.05) is 42.5 Å². The highest BCUT2D eigenvalue weighted by molar-refractivity contribution is 5.93. The van der Waals surface area contributed by atoms with E-state index in [2.05, 4.69) is 19.2 Å². The number of carbonyl (C=O) groups is 1. The molecule has 1 unspecified atom stereocenters. The van der Waals surface area contributed by atoms with E-state index in [1.165, 1.54) is 5.56 Å². The fraction of sp³-hybridized carbons (Fsp3) is 0.409. The molecule has 0 spiro atoms. The number of amides is 1. The average molecular weight is 354 g/mol. The van der Waals surface area contributed by atoms with Crippen molar-refractivity contribution < 1.29 is 9.90 Å². The van der Waals surface area contributed by atoms with E-state index in [4.69, 9.17) is 0 Å². The molecule has 0 aromatic heterocycles. The molecule has 2 rings (SSSR count). The lowest BCUT2D eigenvalue weighted by Gasteiger charge is -2.28. The van der Waals surface area contributed by atoms with E-state index in [1.54, 1.807) is 19.0 Å². The van der Waals surface area contributed by atoms with Crippen LogP contribution in [0.15, 0.2) is 54.6 Å². The first-order valence-corrected chi connectivity index (χ1v) is 9.07. The second kappa shape index (κ2) is 8.97. The summed E-state index contributed by atoms with van der Waals surface area (Å²) in [4.78, 5) is 13.5. The number of hydrogen-bond donors (Lipinski definition) is 2. The molecule has 0 saturated carbocycles. The maximum atomic E-state index is 11.9. The molecule has 26 heavy (non-hydrogen) atoms. The molecular formula is C22H30N2O2. The van der Waals surface area contributed by atoms with Crippen molar-refractivity contribution in [3.8, 4) is 0 Å². The van der Waals surface area contributed by atoms with E-state index < -0.39 is 6.10 Å². The number of benzene rings is 2. The Bertz CT molecular complexity index is 694. The summed E-state index contributed by atoms with van der Waals surface area (Å²) in [6, 6.07) is 17.5. The van der Waals surface area contributed by atoms with Gasteiger partial charge in [-0.05, 0) is 49.9 Å². The first-order chi connectivity index (χ1) is 12.3. The zero-order chi connectivity index (χ0) is 19.2. The number of β-amino-alcohol motifs (C(OH)–C–C–N with tert-alkyl or cyclic N) is 1. The molecule has 2 N–H and O–H groups in total. The van der Waals surface area contributed by atoms with Crippen molar-refractivity contribution in [1.29, 1.82) is 0 Å². The number of carbonyl (C=O) groups excluding carboxylic acids is 1. The Morgan fingerprint density at radius 1 is 1.08 bits per heavy atom. The van der Waals surface area contributed by atoms with Crippen LogP contribution in [0.1, 0.15) is 47.9 Å². The van der Waals surface area contributed by atoms with Crippen LogP contribution in [0.5, 0.6) is 0 Å². The molecule has 140 valence electrons. The van der Waals surface area contributed by atoms with Crippen molar-refractivity contribution in [3.63, 3.8) is 0 Å². The number of aliphatic hydroxyl groups is 1. The van der Waals surface area contributed by atoms with Crippen molar-refractivity contribution in [1.82, 2.24) is 10.2 Å². The van der Waals surface area contributed by atoms with Gasteiger partial charge in [-0.2, -0.15) is 0 Å². The largest absolute Gasteiger partial charge is 0.387 e. The Balaban J connectivity index is 1.84. The lowest BCUT2D eigenvalue weighted by Crippen LogP contribution is -2.41. The van der Waals surface area contributed by atoms with Crippen LogP contribution in [0.2, 0.25) is 0 Å². The first-order valence-electron chi connectivity index (χ1n) is 9.07. The third kappa shape index (κ3) is 5.97. The normalized spacial score (nSPS) is 12.7. The van der Waals surface area contributed by atoms with Gasteiger partial charge in [-0.25, -0.2) is 0 Å². The van der Waals surface area contributed by atoms with Crippen molar-refractivity contribution in [2.24, 2.45) is 0 Å². The fourth-order valence-electron chi connectivity index (χ4n) is 2.78. The summed E-state index contributed by atoms with van der Waals surface area (Å²) < 4.78 is 0. The molecular weight excluding hydrogens is 324 g/mol. The summed E-state index contributed by atoms with van der Waals surface area (Å²) in [5, 5.41) is 13.8. The summed E-state index contributed by atoms with van der Waals surface area (Å²) in [6.07, 6.45) is 1.35. The smallest absolute Gasteiger partial charge is 0.253 e. The summed E-state index contributed by atoms with van der Waals surface area (Å²) in [7, 11) is 3.52. The van der Waals surface area contributed by atoms with E-state index in [1.807, 2.05) is 54.6 Å². The summed E-state index contributed by atoms with van der Waals surface area (Å²) in [6.45, 7) is 4.82. The summed E-state index contributed by atoms with van der Waals surface area (Å²) >= 11 is 0. The minimum Gasteiger partial charge on any atom is -0.387 e. The first kappa shape index (κ1) is 20.1. The molecule has 0 radical (unpaired) electrons. The highest BCUT2D eigenvalue weighted by Gasteiger charge is 2.19. The van der Waals surface area contributed by atoms with Crippen LogP contribution in [0, 0.1) is 0 Å². The molecule has 0 aliphatic carbocycles. The molecule has 0 aliphatic rings. The molecule has 0 aliphatic heterocycles. The van der Waals surface area contributed by atoms with Crippen LogP contribution in [0.3, 0.4) is 0 Å². The number of nitrogens with one attached hydrogen (secondary N) is 1. The summed E-state index contributed by atoms with van der Waals surface area (Å²) in [5.74, 6) is 0.0217. The van der Waals surface area contributed by atoms with Gasteiger partial charge >= 0.3 is 0 Å². The minimum atomic E-state index is -0.508. The number of aryl methyl sites for hydroxylation is 1. The van der Waals surface area contributed by atoms with Crippen LogP contribution in [-0.2, 0) is 6.42 Å². The summed E-state index contributed by atoms with van der Waals surface area (Å²) in [5.41, 5.74) is 2.76. The van der Waals surface area contributed by atoms with Gasteiger partial charge < -0.3 is 15.3 Å². The van der Waals surface area contributed by atoms with Gasteiger partial charge in [0, 0.05) is 31.7 Å². The minimum absolute atomic E-state index is 0.0217. The van der Waals surface area contributed by atoms with Gasteiger partial charge in [0.15, 0.2) is 0 Å². The lowest BCUT2D eigenvalue weighted by molar-refractivity contribution is 0.0827. The topological polar surface area (TPSA) is 52.6 Å². The second-order valence-corrected chi connectivity index (χ2v) is 7.59. The molecule has 0 bridgehead atoms. The van der Waals surface area contributed by atoms with Gasteiger partial charge in [-0.15, -0.1) is 0 Å². The Morgan fingerprint density at radius 3 is 2.27 bits per heavy atom. The number of hydrogen-bond acceptors (Lipinski definition) is 3. The predicted molar refractivity (Wildman–Crippen MR) is 106 cm³/mol. The maximum absolute atomic E-state index is 11.9. The predicted octanol–water partition coefficient (Wildman–Crippen LogP) is 3.42. The standard InChI is InChI=1S/C22H30N2O2/c1-22(2,23-16-20(25)18-8-6-5-7-9-18)15-14-17-10-12-19(13-11-17)21(26)24(3)4/h5-13,20,23,25H,14-16H2,1-4H3. The Morgan fingerprint density at radius 2 is 1.69 bits per heavy atom. The molecule has 4 nitrogen and oxygen atoms in total. The van der Waals surface area contributed by atoms with Gasteiger partial charge in [0.05, 0.1) is 6.10 Å². The van der Waals surface area contributed by atoms with E-state index >= 15 is 0 Å². The van der Waals surface area contributed by atoms with E-state index in [0.29, 0.717) is 12.1 Å². The van der Waals surface area contributed by atoms with Gasteiger partial charge in [0.25, 0.3) is 5.91 Å². The third-order valence-electron chi connectivity index (χ3n) is 4.60. The molecule has 1 amide bonds. The highest BCUT2D eigenvalue weighted by atomic mass is 16.3. The van der Waals surface area contributed by atoms with Crippen molar-refractivity contribution >= 4 is 5.91 Å². The SMILES string of the molecule is CN(C)C(=O)c1ccc(CCC(C)(C)NCC(O)c2ccccc2)cc1.